The van der Waals surface area contributed by atoms with Crippen LogP contribution in [-0.2, 0) is 0 Å². The summed E-state index contributed by atoms with van der Waals surface area (Å²) in [5.41, 5.74) is 1.56. The third-order valence-electron chi connectivity index (χ3n) is 3.03. The van der Waals surface area contributed by atoms with Crippen molar-refractivity contribution in [1.82, 2.24) is 14.9 Å². The van der Waals surface area contributed by atoms with Crippen molar-refractivity contribution < 1.29 is 0 Å². The topological polar surface area (TPSA) is 46.0 Å². The molecule has 0 bridgehead atoms. The molecule has 3 aromatic rings. The number of nitrogens with zero attached hydrogens (tertiary/aromatic N) is 3. The van der Waals surface area contributed by atoms with E-state index < -0.39 is 0 Å². The third-order valence-corrected chi connectivity index (χ3v) is 4.11. The van der Waals surface area contributed by atoms with E-state index in [-0.39, 0.29) is 0 Å². The van der Waals surface area contributed by atoms with Gasteiger partial charge in [-0.25, -0.2) is 5.10 Å². The number of benzene rings is 2. The summed E-state index contributed by atoms with van der Waals surface area (Å²) in [6.07, 6.45) is 1.60. The summed E-state index contributed by atoms with van der Waals surface area (Å²) in [4.78, 5) is 0. The average molecular weight is 384 g/mol. The highest BCUT2D eigenvalue weighted by molar-refractivity contribution is 7.71. The van der Waals surface area contributed by atoms with Crippen LogP contribution in [0.3, 0.4) is 0 Å². The summed E-state index contributed by atoms with van der Waals surface area (Å²) in [6, 6.07) is 12.4. The van der Waals surface area contributed by atoms with Crippen LogP contribution in [-0.4, -0.2) is 21.1 Å². The van der Waals surface area contributed by atoms with Gasteiger partial charge in [0.1, 0.15) is 0 Å². The lowest BCUT2D eigenvalue weighted by molar-refractivity contribution is 0.871. The van der Waals surface area contributed by atoms with E-state index in [1.807, 2.05) is 12.1 Å². The van der Waals surface area contributed by atoms with Crippen molar-refractivity contribution in [1.29, 1.82) is 0 Å². The van der Waals surface area contributed by atoms with Crippen LogP contribution in [0.4, 0.5) is 0 Å². The summed E-state index contributed by atoms with van der Waals surface area (Å²) in [7, 11) is 0. The fourth-order valence-corrected chi connectivity index (χ4v) is 2.67. The maximum absolute atomic E-state index is 6.13. The highest BCUT2D eigenvalue weighted by atomic mass is 35.5. The van der Waals surface area contributed by atoms with Crippen LogP contribution in [0.25, 0.3) is 11.4 Å². The minimum absolute atomic E-state index is 0.372. The Morgan fingerprint density at radius 1 is 1.04 bits per heavy atom. The summed E-state index contributed by atoms with van der Waals surface area (Å²) in [5.74, 6) is 0.577. The molecule has 0 radical (unpaired) electrons. The first kappa shape index (κ1) is 16.2. The second kappa shape index (κ2) is 6.84. The quantitative estimate of drug-likeness (QED) is 0.483. The van der Waals surface area contributed by atoms with Gasteiger partial charge in [0.25, 0.3) is 0 Å². The maximum atomic E-state index is 6.13. The smallest absolute Gasteiger partial charge is 0.216 e. The summed E-state index contributed by atoms with van der Waals surface area (Å²) in [5, 5.41) is 13.0. The van der Waals surface area contributed by atoms with Crippen molar-refractivity contribution in [3.05, 3.63) is 67.9 Å². The normalized spacial score (nSPS) is 11.3. The Bertz CT molecular complexity index is 929. The molecule has 116 valence electrons. The molecule has 0 atom stereocenters. The molecule has 0 aliphatic rings. The molecule has 1 aromatic heterocycles. The Balaban J connectivity index is 2.00. The zero-order valence-electron chi connectivity index (χ0n) is 11.5. The van der Waals surface area contributed by atoms with Crippen LogP contribution in [0.1, 0.15) is 5.56 Å². The van der Waals surface area contributed by atoms with Crippen LogP contribution in [0.15, 0.2) is 47.6 Å². The van der Waals surface area contributed by atoms with Crippen molar-refractivity contribution in [2.24, 2.45) is 5.10 Å². The molecule has 3 rings (SSSR count). The molecule has 0 saturated heterocycles. The van der Waals surface area contributed by atoms with Gasteiger partial charge in [-0.3, -0.25) is 0 Å². The number of rotatable bonds is 3. The molecule has 0 amide bonds. The van der Waals surface area contributed by atoms with Gasteiger partial charge in [0, 0.05) is 21.2 Å². The van der Waals surface area contributed by atoms with Crippen LogP contribution in [0.5, 0.6) is 0 Å². The lowest BCUT2D eigenvalue weighted by Gasteiger charge is -2.02. The predicted molar refractivity (Wildman–Crippen MR) is 97.3 cm³/mol. The standard InChI is InChI=1S/C15H9Cl3N4S/c16-11-4-1-9(2-5-11)14-20-21-15(23)22(14)19-8-10-3-6-12(17)7-13(10)18/h1-8H,(H,21,23)/b19-8-. The average Bonchev–Trinajstić information content (AvgIpc) is 2.88. The molecule has 23 heavy (non-hydrogen) atoms. The Morgan fingerprint density at radius 2 is 1.74 bits per heavy atom. The molecule has 4 nitrogen and oxygen atoms in total. The van der Waals surface area contributed by atoms with E-state index in [0.29, 0.717) is 25.7 Å². The van der Waals surface area contributed by atoms with Gasteiger partial charge < -0.3 is 0 Å². The van der Waals surface area contributed by atoms with Crippen LogP contribution in [0.2, 0.25) is 15.1 Å². The Labute approximate surface area is 152 Å². The van der Waals surface area contributed by atoms with Crippen molar-refractivity contribution in [2.75, 3.05) is 0 Å². The molecule has 0 aliphatic heterocycles. The molecule has 8 heteroatoms. The molecule has 2 aromatic carbocycles. The molecule has 0 fully saturated rings. The maximum Gasteiger partial charge on any atom is 0.216 e. The molecule has 0 spiro atoms. The number of H-pyrrole nitrogens is 1. The Hall–Kier alpha value is -1.66. The first-order valence-corrected chi connectivity index (χ1v) is 8.01. The lowest BCUT2D eigenvalue weighted by Crippen LogP contribution is -1.95. The van der Waals surface area contributed by atoms with E-state index in [4.69, 9.17) is 47.0 Å². The fourth-order valence-electron chi connectivity index (χ4n) is 1.91. The van der Waals surface area contributed by atoms with E-state index in [1.165, 1.54) is 4.68 Å². The fraction of sp³-hybridized carbons (Fsp3) is 0. The van der Waals surface area contributed by atoms with Gasteiger partial charge in [0.2, 0.25) is 4.77 Å². The summed E-state index contributed by atoms with van der Waals surface area (Å²) >= 11 is 23.1. The largest absolute Gasteiger partial charge is 0.250 e. The van der Waals surface area contributed by atoms with E-state index in [0.717, 1.165) is 11.1 Å². The Kier molecular flexibility index (Phi) is 4.82. The molecular formula is C15H9Cl3N4S. The van der Waals surface area contributed by atoms with Gasteiger partial charge in [-0.15, -0.1) is 0 Å². The minimum atomic E-state index is 0.372. The number of hydrogen-bond acceptors (Lipinski definition) is 3. The van der Waals surface area contributed by atoms with Crippen molar-refractivity contribution in [2.45, 2.75) is 0 Å². The zero-order chi connectivity index (χ0) is 16.4. The minimum Gasteiger partial charge on any atom is -0.250 e. The van der Waals surface area contributed by atoms with E-state index >= 15 is 0 Å². The lowest BCUT2D eigenvalue weighted by atomic mass is 10.2. The molecule has 1 N–H and O–H groups in total. The number of hydrogen-bond donors (Lipinski definition) is 1. The molecule has 1 heterocycles. The van der Waals surface area contributed by atoms with Gasteiger partial charge in [-0.1, -0.05) is 40.9 Å². The molecule has 0 saturated carbocycles. The monoisotopic (exact) mass is 382 g/mol. The van der Waals surface area contributed by atoms with E-state index in [2.05, 4.69) is 15.3 Å². The number of aromatic nitrogens is 3. The number of aromatic amines is 1. The van der Waals surface area contributed by atoms with Crippen LogP contribution < -0.4 is 0 Å². The summed E-state index contributed by atoms with van der Waals surface area (Å²) < 4.78 is 1.89. The van der Waals surface area contributed by atoms with Crippen molar-refractivity contribution in [3.8, 4) is 11.4 Å². The van der Waals surface area contributed by atoms with E-state index in [1.54, 1.807) is 36.5 Å². The first-order chi connectivity index (χ1) is 11.0. The molecule has 0 unspecified atom stereocenters. The van der Waals surface area contributed by atoms with Crippen molar-refractivity contribution >= 4 is 53.2 Å². The third kappa shape index (κ3) is 3.64. The van der Waals surface area contributed by atoms with Gasteiger partial charge in [0.15, 0.2) is 5.82 Å². The van der Waals surface area contributed by atoms with Crippen LogP contribution in [0, 0.1) is 4.77 Å². The highest BCUT2D eigenvalue weighted by Crippen LogP contribution is 2.21. The Morgan fingerprint density at radius 3 is 2.43 bits per heavy atom. The molecule has 0 aliphatic carbocycles. The number of halogens is 3. The van der Waals surface area contributed by atoms with Gasteiger partial charge >= 0.3 is 0 Å². The highest BCUT2D eigenvalue weighted by Gasteiger charge is 2.08. The predicted octanol–water partition coefficient (Wildman–Crippen LogP) is 5.45. The van der Waals surface area contributed by atoms with Crippen molar-refractivity contribution in [3.63, 3.8) is 0 Å². The van der Waals surface area contributed by atoms with Gasteiger partial charge in [-0.05, 0) is 48.6 Å². The van der Waals surface area contributed by atoms with Gasteiger partial charge in [-0.2, -0.15) is 14.9 Å². The molecular weight excluding hydrogens is 375 g/mol. The van der Waals surface area contributed by atoms with Crippen LogP contribution >= 0.6 is 47.0 Å². The van der Waals surface area contributed by atoms with Gasteiger partial charge in [0.05, 0.1) is 11.2 Å². The number of nitrogens with one attached hydrogen (secondary N) is 1. The summed E-state index contributed by atoms with van der Waals surface area (Å²) in [6.45, 7) is 0. The second-order valence-electron chi connectivity index (χ2n) is 4.58. The first-order valence-electron chi connectivity index (χ1n) is 6.47. The zero-order valence-corrected chi connectivity index (χ0v) is 14.6. The SMILES string of the molecule is S=c1[nH]nc(-c2ccc(Cl)cc2)n1/N=C\c1ccc(Cl)cc1Cl. The van der Waals surface area contributed by atoms with E-state index in [9.17, 15) is 0 Å². The second-order valence-corrected chi connectivity index (χ2v) is 6.25.